The Morgan fingerprint density at radius 3 is 2.40 bits per heavy atom. The van der Waals surface area contributed by atoms with Crippen LogP contribution in [0.3, 0.4) is 0 Å². The molecule has 3 heterocycles. The third-order valence-corrected chi connectivity index (χ3v) is 7.53. The summed E-state index contributed by atoms with van der Waals surface area (Å²) < 4.78 is 18.6. The molecule has 2 fully saturated rings. The number of nitrogens with one attached hydrogen (secondary N) is 2. The molecule has 0 bridgehead atoms. The Kier molecular flexibility index (Phi) is 9.08. The van der Waals surface area contributed by atoms with Crippen molar-refractivity contribution in [1.82, 2.24) is 20.4 Å². The summed E-state index contributed by atoms with van der Waals surface area (Å²) in [6.07, 6.45) is 0. The van der Waals surface area contributed by atoms with Crippen molar-refractivity contribution in [1.29, 1.82) is 0 Å². The van der Waals surface area contributed by atoms with Crippen molar-refractivity contribution < 1.29 is 18.7 Å². The topological polar surface area (TPSA) is 77.1 Å². The van der Waals surface area contributed by atoms with E-state index in [-0.39, 0.29) is 17.9 Å². The van der Waals surface area contributed by atoms with Crippen molar-refractivity contribution in [2.45, 2.75) is 19.0 Å². The summed E-state index contributed by atoms with van der Waals surface area (Å²) in [6.45, 7) is 9.38. The van der Waals surface area contributed by atoms with E-state index < -0.39 is 11.8 Å². The van der Waals surface area contributed by atoms with Crippen LogP contribution in [0.5, 0.6) is 0 Å². The first-order valence-electron chi connectivity index (χ1n) is 12.2. The van der Waals surface area contributed by atoms with Crippen molar-refractivity contribution in [3.05, 3.63) is 52.5 Å². The van der Waals surface area contributed by atoms with Gasteiger partial charge in [-0.2, -0.15) is 0 Å². The van der Waals surface area contributed by atoms with Crippen molar-refractivity contribution in [3.63, 3.8) is 0 Å². The van der Waals surface area contributed by atoms with Crippen LogP contribution in [-0.4, -0.2) is 93.2 Å². The predicted octanol–water partition coefficient (Wildman–Crippen LogP) is 1.70. The fraction of sp³-hybridized carbons (Fsp3) is 0.520. The number of benzene rings is 1. The van der Waals surface area contributed by atoms with Crippen molar-refractivity contribution in [2.24, 2.45) is 0 Å². The molecule has 0 spiro atoms. The fourth-order valence-electron chi connectivity index (χ4n) is 4.70. The Bertz CT molecular complexity index is 945. The smallest absolute Gasteiger partial charge is 0.309 e. The maximum absolute atomic E-state index is 13.3. The molecule has 2 aromatic rings. The summed E-state index contributed by atoms with van der Waals surface area (Å²) in [6, 6.07) is 10.4. The van der Waals surface area contributed by atoms with Crippen molar-refractivity contribution in [2.75, 3.05) is 70.5 Å². The average Bonchev–Trinajstić information content (AvgIpc) is 3.40. The van der Waals surface area contributed by atoms with Gasteiger partial charge >= 0.3 is 11.8 Å². The standard InChI is InChI=1S/C25H34FN5O3S/c1-19(28-25(33)24(32)27-8-9-29-14-16-34-17-15-29)23(22-3-2-18-35-22)31-12-10-30(11-13-31)21-6-4-20(26)5-7-21/h2-7,18-19,23H,8-17H2,1H3,(H,27,32)(H,28,33)/t19-,23-/m0/s1. The molecule has 0 aliphatic carbocycles. The minimum Gasteiger partial charge on any atom is -0.379 e. The summed E-state index contributed by atoms with van der Waals surface area (Å²) in [5.74, 6) is -1.44. The molecule has 0 radical (unpaired) electrons. The molecule has 0 unspecified atom stereocenters. The third-order valence-electron chi connectivity index (χ3n) is 6.59. The van der Waals surface area contributed by atoms with Crippen LogP contribution in [0.2, 0.25) is 0 Å². The Balaban J connectivity index is 1.30. The minimum absolute atomic E-state index is 0.0320. The van der Waals surface area contributed by atoms with Crippen molar-refractivity contribution >= 4 is 28.8 Å². The zero-order chi connectivity index (χ0) is 24.6. The number of anilines is 1. The van der Waals surface area contributed by atoms with E-state index in [0.717, 1.165) is 49.8 Å². The van der Waals surface area contributed by atoms with Crippen LogP contribution in [0, 0.1) is 5.82 Å². The van der Waals surface area contributed by atoms with Crippen LogP contribution < -0.4 is 15.5 Å². The number of piperazine rings is 1. The summed E-state index contributed by atoms with van der Waals surface area (Å²) >= 11 is 1.65. The summed E-state index contributed by atoms with van der Waals surface area (Å²) in [5, 5.41) is 7.70. The van der Waals surface area contributed by atoms with Crippen molar-refractivity contribution in [3.8, 4) is 0 Å². The van der Waals surface area contributed by atoms with Gasteiger partial charge in [-0.05, 0) is 42.6 Å². The molecule has 1 aromatic carbocycles. The molecule has 2 amide bonds. The number of nitrogens with zero attached hydrogens (tertiary/aromatic N) is 3. The SMILES string of the molecule is C[C@H](NC(=O)C(=O)NCCN1CCOCC1)[C@@H](c1cccs1)N1CCN(c2ccc(F)cc2)CC1. The van der Waals surface area contributed by atoms with Crippen LogP contribution in [0.4, 0.5) is 10.1 Å². The van der Waals surface area contributed by atoms with E-state index in [1.807, 2.05) is 30.5 Å². The first-order valence-corrected chi connectivity index (χ1v) is 13.1. The lowest BCUT2D eigenvalue weighted by Crippen LogP contribution is -2.54. The number of carbonyl (C=O) groups is 2. The van der Waals surface area contributed by atoms with Gasteiger partial charge < -0.3 is 20.3 Å². The average molecular weight is 504 g/mol. The van der Waals surface area contributed by atoms with E-state index in [4.69, 9.17) is 4.74 Å². The molecular formula is C25H34FN5O3S. The molecule has 2 saturated heterocycles. The Hall–Kier alpha value is -2.53. The van der Waals surface area contributed by atoms with Gasteiger partial charge in [-0.25, -0.2) is 4.39 Å². The highest BCUT2D eigenvalue weighted by Crippen LogP contribution is 2.30. The van der Waals surface area contributed by atoms with E-state index in [0.29, 0.717) is 26.3 Å². The third kappa shape index (κ3) is 7.00. The molecule has 0 saturated carbocycles. The molecule has 4 rings (SSSR count). The summed E-state index contributed by atoms with van der Waals surface area (Å²) in [4.78, 5) is 33.0. The molecule has 2 N–H and O–H groups in total. The number of amides is 2. The second kappa shape index (κ2) is 12.4. The molecule has 10 heteroatoms. The Morgan fingerprint density at radius 2 is 1.74 bits per heavy atom. The maximum atomic E-state index is 13.3. The number of hydrogen-bond donors (Lipinski definition) is 2. The van der Waals surface area contributed by atoms with E-state index in [2.05, 4.69) is 31.4 Å². The minimum atomic E-state index is -0.606. The number of ether oxygens (including phenoxy) is 1. The number of carbonyl (C=O) groups excluding carboxylic acids is 2. The molecule has 8 nitrogen and oxygen atoms in total. The van der Waals surface area contributed by atoms with E-state index in [1.165, 1.54) is 12.1 Å². The zero-order valence-electron chi connectivity index (χ0n) is 20.1. The van der Waals surface area contributed by atoms with E-state index >= 15 is 0 Å². The lowest BCUT2D eigenvalue weighted by Gasteiger charge is -2.42. The zero-order valence-corrected chi connectivity index (χ0v) is 20.9. The molecular weight excluding hydrogens is 469 g/mol. The number of hydrogen-bond acceptors (Lipinski definition) is 7. The largest absolute Gasteiger partial charge is 0.379 e. The maximum Gasteiger partial charge on any atom is 0.309 e. The summed E-state index contributed by atoms with van der Waals surface area (Å²) in [5.41, 5.74) is 1.01. The predicted molar refractivity (Wildman–Crippen MR) is 135 cm³/mol. The van der Waals surface area contributed by atoms with Crippen LogP contribution in [0.1, 0.15) is 17.8 Å². The number of thiophene rings is 1. The van der Waals surface area contributed by atoms with Gasteiger partial charge in [0.05, 0.1) is 19.3 Å². The number of morpholine rings is 1. The van der Waals surface area contributed by atoms with Crippen LogP contribution in [0.15, 0.2) is 41.8 Å². The second-order valence-electron chi connectivity index (χ2n) is 8.93. The first-order chi connectivity index (χ1) is 17.0. The molecule has 2 atom stereocenters. The van der Waals surface area contributed by atoms with Gasteiger partial charge in [0.2, 0.25) is 0 Å². The molecule has 1 aromatic heterocycles. The molecule has 35 heavy (non-hydrogen) atoms. The van der Waals surface area contributed by atoms with Gasteiger partial charge in [0.15, 0.2) is 0 Å². The monoisotopic (exact) mass is 503 g/mol. The van der Waals surface area contributed by atoms with Gasteiger partial charge in [0.1, 0.15) is 5.82 Å². The normalized spacial score (nSPS) is 19.2. The highest BCUT2D eigenvalue weighted by Gasteiger charge is 2.32. The van der Waals surface area contributed by atoms with Gasteiger partial charge in [0.25, 0.3) is 0 Å². The lowest BCUT2D eigenvalue weighted by molar-refractivity contribution is -0.139. The lowest BCUT2D eigenvalue weighted by atomic mass is 10.0. The Morgan fingerprint density at radius 1 is 1.03 bits per heavy atom. The Labute approximate surface area is 210 Å². The van der Waals surface area contributed by atoms with Gasteiger partial charge in [-0.15, -0.1) is 11.3 Å². The van der Waals surface area contributed by atoms with Gasteiger partial charge in [0, 0.05) is 69.0 Å². The highest BCUT2D eigenvalue weighted by molar-refractivity contribution is 7.10. The number of halogens is 1. The first kappa shape index (κ1) is 25.6. The van der Waals surface area contributed by atoms with Gasteiger partial charge in [-0.3, -0.25) is 19.4 Å². The number of rotatable bonds is 8. The fourth-order valence-corrected chi connectivity index (χ4v) is 5.66. The quantitative estimate of drug-likeness (QED) is 0.534. The highest BCUT2D eigenvalue weighted by atomic mass is 32.1. The van der Waals surface area contributed by atoms with Crippen LogP contribution in [-0.2, 0) is 14.3 Å². The van der Waals surface area contributed by atoms with E-state index in [1.54, 1.807) is 11.3 Å². The molecule has 2 aliphatic heterocycles. The van der Waals surface area contributed by atoms with Crippen LogP contribution in [0.25, 0.3) is 0 Å². The molecule has 190 valence electrons. The molecule has 2 aliphatic rings. The van der Waals surface area contributed by atoms with Gasteiger partial charge in [-0.1, -0.05) is 6.07 Å². The summed E-state index contributed by atoms with van der Waals surface area (Å²) in [7, 11) is 0. The second-order valence-corrected chi connectivity index (χ2v) is 9.91. The van der Waals surface area contributed by atoms with Crippen LogP contribution >= 0.6 is 11.3 Å². The van der Waals surface area contributed by atoms with E-state index in [9.17, 15) is 14.0 Å².